The van der Waals surface area contributed by atoms with E-state index in [1.165, 1.54) is 0 Å². The van der Waals surface area contributed by atoms with Crippen molar-refractivity contribution in [2.24, 2.45) is 11.7 Å². The Hall–Kier alpha value is -0.800. The molecule has 0 unspecified atom stereocenters. The predicted molar refractivity (Wildman–Crippen MR) is 55.4 cm³/mol. The Kier molecular flexibility index (Phi) is 3.12. The number of rotatable bonds is 2. The molecule has 4 heteroatoms. The lowest BCUT2D eigenvalue weighted by Gasteiger charge is -2.15. The molecule has 0 saturated carbocycles. The van der Waals surface area contributed by atoms with Gasteiger partial charge in [0.05, 0.1) is 5.69 Å². The molecule has 0 saturated heterocycles. The third kappa shape index (κ3) is 2.32. The zero-order valence-electron chi connectivity index (χ0n) is 7.79. The highest BCUT2D eigenvalue weighted by molar-refractivity contribution is 6.31. The number of hydrogen-bond acceptors (Lipinski definition) is 3. The second-order valence-corrected chi connectivity index (χ2v) is 3.78. The van der Waals surface area contributed by atoms with E-state index in [2.05, 4.69) is 18.8 Å². The van der Waals surface area contributed by atoms with Crippen molar-refractivity contribution in [3.8, 4) is 0 Å². The Balaban J connectivity index is 2.97. The first kappa shape index (κ1) is 10.3. The molecule has 1 aromatic rings. The van der Waals surface area contributed by atoms with Crippen LogP contribution in [0.2, 0.25) is 5.15 Å². The fourth-order valence-electron chi connectivity index (χ4n) is 1.05. The number of halogens is 1. The van der Waals surface area contributed by atoms with E-state index >= 15 is 0 Å². The SMILES string of the molecule is CC(C)[C@H](N)c1cnc(Cl)c(N)c1. The van der Waals surface area contributed by atoms with Gasteiger partial charge >= 0.3 is 0 Å². The van der Waals surface area contributed by atoms with Crippen molar-refractivity contribution >= 4 is 17.3 Å². The lowest BCUT2D eigenvalue weighted by atomic mass is 9.98. The maximum Gasteiger partial charge on any atom is 0.151 e. The summed E-state index contributed by atoms with van der Waals surface area (Å²) in [5.74, 6) is 0.363. The fourth-order valence-corrected chi connectivity index (χ4v) is 1.15. The Labute approximate surface area is 83.1 Å². The summed E-state index contributed by atoms with van der Waals surface area (Å²) in [5.41, 5.74) is 12.9. The molecule has 0 aliphatic rings. The maximum atomic E-state index is 5.92. The third-order valence-electron chi connectivity index (χ3n) is 1.99. The van der Waals surface area contributed by atoms with Crippen molar-refractivity contribution in [1.29, 1.82) is 0 Å². The van der Waals surface area contributed by atoms with E-state index in [1.807, 2.05) is 0 Å². The molecule has 0 fully saturated rings. The molecule has 0 bridgehead atoms. The summed E-state index contributed by atoms with van der Waals surface area (Å²) in [5, 5.41) is 0.333. The molecule has 13 heavy (non-hydrogen) atoms. The third-order valence-corrected chi connectivity index (χ3v) is 2.31. The standard InChI is InChI=1S/C9H14ClN3/c1-5(2)8(12)6-3-7(11)9(10)13-4-6/h3-5,8H,11-12H2,1-2H3/t8-/m0/s1. The van der Waals surface area contributed by atoms with E-state index in [9.17, 15) is 0 Å². The molecule has 72 valence electrons. The first-order valence-corrected chi connectivity index (χ1v) is 4.56. The highest BCUT2D eigenvalue weighted by Gasteiger charge is 2.11. The van der Waals surface area contributed by atoms with E-state index in [-0.39, 0.29) is 6.04 Å². The summed E-state index contributed by atoms with van der Waals surface area (Å²) >= 11 is 5.69. The van der Waals surface area contributed by atoms with Crippen LogP contribution in [0.3, 0.4) is 0 Å². The number of nitrogens with zero attached hydrogens (tertiary/aromatic N) is 1. The van der Waals surface area contributed by atoms with Crippen molar-refractivity contribution in [1.82, 2.24) is 4.98 Å². The topological polar surface area (TPSA) is 64.9 Å². The van der Waals surface area contributed by atoms with Gasteiger partial charge in [-0.05, 0) is 17.5 Å². The molecule has 1 atom stereocenters. The largest absolute Gasteiger partial charge is 0.396 e. The van der Waals surface area contributed by atoms with E-state index in [1.54, 1.807) is 12.3 Å². The minimum atomic E-state index is -0.0351. The van der Waals surface area contributed by atoms with Crippen LogP contribution in [-0.4, -0.2) is 4.98 Å². The van der Waals surface area contributed by atoms with Crippen molar-refractivity contribution < 1.29 is 0 Å². The van der Waals surface area contributed by atoms with Crippen molar-refractivity contribution in [2.75, 3.05) is 5.73 Å². The van der Waals surface area contributed by atoms with Gasteiger partial charge in [0.2, 0.25) is 0 Å². The van der Waals surface area contributed by atoms with Gasteiger partial charge in [-0.25, -0.2) is 4.98 Å². The van der Waals surface area contributed by atoms with Gasteiger partial charge in [-0.2, -0.15) is 0 Å². The minimum Gasteiger partial charge on any atom is -0.396 e. The van der Waals surface area contributed by atoms with Gasteiger partial charge < -0.3 is 11.5 Å². The average Bonchev–Trinajstić information content (AvgIpc) is 2.08. The molecule has 1 aromatic heterocycles. The smallest absolute Gasteiger partial charge is 0.151 e. The van der Waals surface area contributed by atoms with Gasteiger partial charge in [0.1, 0.15) is 0 Å². The lowest BCUT2D eigenvalue weighted by molar-refractivity contribution is 0.513. The molecule has 0 aromatic carbocycles. The summed E-state index contributed by atoms with van der Waals surface area (Å²) in [6.07, 6.45) is 1.67. The van der Waals surface area contributed by atoms with E-state index in [0.717, 1.165) is 5.56 Å². The molecule has 1 rings (SSSR count). The molecule has 0 aliphatic heterocycles. The van der Waals surface area contributed by atoms with Crippen LogP contribution in [0.25, 0.3) is 0 Å². The zero-order chi connectivity index (χ0) is 10.0. The fraction of sp³-hybridized carbons (Fsp3) is 0.444. The zero-order valence-corrected chi connectivity index (χ0v) is 8.55. The molecule has 0 aliphatic carbocycles. The number of aromatic nitrogens is 1. The Morgan fingerprint density at radius 1 is 1.46 bits per heavy atom. The van der Waals surface area contributed by atoms with E-state index in [0.29, 0.717) is 16.8 Å². The number of nitrogen functional groups attached to an aromatic ring is 1. The van der Waals surface area contributed by atoms with Crippen LogP contribution in [0.1, 0.15) is 25.5 Å². The van der Waals surface area contributed by atoms with Crippen LogP contribution < -0.4 is 11.5 Å². The second-order valence-electron chi connectivity index (χ2n) is 3.42. The van der Waals surface area contributed by atoms with Crippen LogP contribution in [-0.2, 0) is 0 Å². The van der Waals surface area contributed by atoms with Gasteiger partial charge in [0, 0.05) is 12.2 Å². The van der Waals surface area contributed by atoms with Crippen molar-refractivity contribution in [3.05, 3.63) is 23.0 Å². The van der Waals surface area contributed by atoms with Crippen LogP contribution in [0.15, 0.2) is 12.3 Å². The van der Waals surface area contributed by atoms with Crippen LogP contribution in [0, 0.1) is 5.92 Å². The van der Waals surface area contributed by atoms with E-state index < -0.39 is 0 Å². The van der Waals surface area contributed by atoms with E-state index in [4.69, 9.17) is 23.1 Å². The van der Waals surface area contributed by atoms with Gasteiger partial charge in [-0.15, -0.1) is 0 Å². The average molecular weight is 200 g/mol. The molecule has 0 radical (unpaired) electrons. The highest BCUT2D eigenvalue weighted by Crippen LogP contribution is 2.23. The molecule has 0 amide bonds. The number of pyridine rings is 1. The van der Waals surface area contributed by atoms with Crippen LogP contribution >= 0.6 is 11.6 Å². The Bertz CT molecular complexity index is 299. The Morgan fingerprint density at radius 3 is 2.54 bits per heavy atom. The number of nitrogens with two attached hydrogens (primary N) is 2. The highest BCUT2D eigenvalue weighted by atomic mass is 35.5. The quantitative estimate of drug-likeness (QED) is 0.716. The molecule has 1 heterocycles. The van der Waals surface area contributed by atoms with Crippen LogP contribution in [0.5, 0.6) is 0 Å². The van der Waals surface area contributed by atoms with Gasteiger partial charge in [-0.3, -0.25) is 0 Å². The predicted octanol–water partition coefficient (Wildman–Crippen LogP) is 1.97. The van der Waals surface area contributed by atoms with Crippen molar-refractivity contribution in [3.63, 3.8) is 0 Å². The van der Waals surface area contributed by atoms with Gasteiger partial charge in [0.25, 0.3) is 0 Å². The summed E-state index contributed by atoms with van der Waals surface area (Å²) in [6.45, 7) is 4.10. The molecule has 3 nitrogen and oxygen atoms in total. The molecule has 0 spiro atoms. The summed E-state index contributed by atoms with van der Waals surface area (Å²) in [4.78, 5) is 3.94. The first-order valence-electron chi connectivity index (χ1n) is 4.19. The van der Waals surface area contributed by atoms with Gasteiger partial charge in [-0.1, -0.05) is 25.4 Å². The van der Waals surface area contributed by atoms with Crippen LogP contribution in [0.4, 0.5) is 5.69 Å². The monoisotopic (exact) mass is 199 g/mol. The Morgan fingerprint density at radius 2 is 2.08 bits per heavy atom. The second kappa shape index (κ2) is 3.94. The number of anilines is 1. The lowest BCUT2D eigenvalue weighted by Crippen LogP contribution is -2.17. The molecule has 4 N–H and O–H groups in total. The minimum absolute atomic E-state index is 0.0351. The van der Waals surface area contributed by atoms with Gasteiger partial charge in [0.15, 0.2) is 5.15 Å². The normalized spacial score (nSPS) is 13.3. The summed E-state index contributed by atoms with van der Waals surface area (Å²) in [7, 11) is 0. The first-order chi connectivity index (χ1) is 6.02. The summed E-state index contributed by atoms with van der Waals surface area (Å²) in [6, 6.07) is 1.74. The number of hydrogen-bond donors (Lipinski definition) is 2. The molecular formula is C9H14ClN3. The molecular weight excluding hydrogens is 186 g/mol. The summed E-state index contributed by atoms with van der Waals surface area (Å²) < 4.78 is 0. The maximum absolute atomic E-state index is 5.92. The van der Waals surface area contributed by atoms with Crippen molar-refractivity contribution in [2.45, 2.75) is 19.9 Å².